The molecular formula is C39H44N4O6S2. The molecule has 0 bridgehead atoms. The Kier molecular flexibility index (Phi) is 10.0. The number of nitrogens with two attached hydrogens (primary N) is 2. The fourth-order valence-corrected chi connectivity index (χ4v) is 9.06. The maximum Gasteiger partial charge on any atom is 0.295 e. The first-order valence-corrected chi connectivity index (χ1v) is 19.1. The van der Waals surface area contributed by atoms with Crippen LogP contribution in [0, 0.1) is 41.5 Å². The molecule has 5 rings (SSSR count). The van der Waals surface area contributed by atoms with Crippen LogP contribution >= 0.6 is 0 Å². The Morgan fingerprint density at radius 2 is 1.04 bits per heavy atom. The summed E-state index contributed by atoms with van der Waals surface area (Å²) < 4.78 is 70.2. The number of benzene rings is 5. The lowest BCUT2D eigenvalue weighted by Crippen LogP contribution is -2.17. The third-order valence-corrected chi connectivity index (χ3v) is 11.9. The third kappa shape index (κ3) is 6.92. The van der Waals surface area contributed by atoms with E-state index in [0.717, 1.165) is 44.9 Å². The van der Waals surface area contributed by atoms with Crippen LogP contribution in [0.3, 0.4) is 0 Å². The highest BCUT2D eigenvalue weighted by molar-refractivity contribution is 7.86. The summed E-state index contributed by atoms with van der Waals surface area (Å²) in [6.45, 7) is 11.0. The number of hydrogen-bond donors (Lipinski definition) is 4. The second-order valence-electron chi connectivity index (χ2n) is 13.1. The summed E-state index contributed by atoms with van der Waals surface area (Å²) in [6, 6.07) is 23.7. The van der Waals surface area contributed by atoms with Crippen LogP contribution < -0.4 is 21.3 Å². The van der Waals surface area contributed by atoms with Crippen LogP contribution in [0.15, 0.2) is 88.7 Å². The molecule has 0 heterocycles. The van der Waals surface area contributed by atoms with Crippen molar-refractivity contribution in [3.05, 3.63) is 129 Å². The lowest BCUT2D eigenvalue weighted by molar-refractivity contribution is 0.479. The van der Waals surface area contributed by atoms with Gasteiger partial charge in [-0.15, -0.1) is 0 Å². The summed E-state index contributed by atoms with van der Waals surface area (Å²) in [5.74, 6) is -0.593. The van der Waals surface area contributed by atoms with Gasteiger partial charge in [0.05, 0.1) is 10.6 Å². The van der Waals surface area contributed by atoms with E-state index >= 15 is 0 Å². The quantitative estimate of drug-likeness (QED) is 0.0665. The lowest BCUT2D eigenvalue weighted by Gasteiger charge is -2.28. The molecule has 0 aromatic heterocycles. The average Bonchev–Trinajstić information content (AvgIpc) is 3.06. The summed E-state index contributed by atoms with van der Waals surface area (Å²) in [6.07, 6.45) is 0. The highest BCUT2D eigenvalue weighted by Crippen LogP contribution is 2.42. The predicted molar refractivity (Wildman–Crippen MR) is 206 cm³/mol. The number of rotatable bonds is 9. The molecule has 1 atom stereocenters. The van der Waals surface area contributed by atoms with E-state index in [4.69, 9.17) is 11.5 Å². The van der Waals surface area contributed by atoms with Crippen molar-refractivity contribution in [2.75, 3.05) is 35.4 Å². The molecule has 0 aliphatic carbocycles. The molecule has 1 unspecified atom stereocenters. The number of aryl methyl sites for hydroxylation is 2. The lowest BCUT2D eigenvalue weighted by atomic mass is 9.85. The first kappa shape index (κ1) is 37.4. The van der Waals surface area contributed by atoms with Crippen LogP contribution in [-0.2, 0) is 20.2 Å². The Morgan fingerprint density at radius 3 is 1.53 bits per heavy atom. The molecule has 10 nitrogen and oxygen atoms in total. The Morgan fingerprint density at radius 1 is 0.569 bits per heavy atom. The fourth-order valence-electron chi connectivity index (χ4n) is 7.34. The van der Waals surface area contributed by atoms with Crippen LogP contribution in [0.5, 0.6) is 0 Å². The predicted octanol–water partition coefficient (Wildman–Crippen LogP) is 7.91. The average molecular weight is 729 g/mol. The molecule has 6 N–H and O–H groups in total. The Hall–Kier alpha value is -4.88. The van der Waals surface area contributed by atoms with Crippen molar-refractivity contribution >= 4 is 54.4 Å². The third-order valence-electron chi connectivity index (χ3n) is 9.85. The first-order chi connectivity index (χ1) is 23.7. The summed E-state index contributed by atoms with van der Waals surface area (Å²) in [5.41, 5.74) is 23.2. The molecule has 0 amide bonds. The normalized spacial score (nSPS) is 12.5. The van der Waals surface area contributed by atoms with Gasteiger partial charge >= 0.3 is 0 Å². The molecule has 0 aliphatic heterocycles. The van der Waals surface area contributed by atoms with E-state index in [9.17, 15) is 25.9 Å². The Labute approximate surface area is 300 Å². The smallest absolute Gasteiger partial charge is 0.295 e. The molecule has 0 fully saturated rings. The van der Waals surface area contributed by atoms with Crippen LogP contribution in [0.4, 0.5) is 34.1 Å². The van der Waals surface area contributed by atoms with Gasteiger partial charge in [-0.05, 0) is 122 Å². The molecule has 0 saturated heterocycles. The zero-order valence-electron chi connectivity index (χ0n) is 30.0. The van der Waals surface area contributed by atoms with Crippen molar-refractivity contribution in [2.24, 2.45) is 0 Å². The number of hydrogen-bond acceptors (Lipinski definition) is 8. The molecule has 0 spiro atoms. The molecule has 268 valence electrons. The van der Waals surface area contributed by atoms with Crippen LogP contribution in [0.1, 0.15) is 56.0 Å². The zero-order chi connectivity index (χ0) is 37.7. The van der Waals surface area contributed by atoms with Gasteiger partial charge < -0.3 is 21.3 Å². The van der Waals surface area contributed by atoms with E-state index in [0.29, 0.717) is 28.1 Å². The van der Waals surface area contributed by atoms with Gasteiger partial charge in [0.25, 0.3) is 20.2 Å². The van der Waals surface area contributed by atoms with E-state index in [1.54, 1.807) is 50.9 Å². The first-order valence-electron chi connectivity index (χ1n) is 16.2. The van der Waals surface area contributed by atoms with Gasteiger partial charge in [0.15, 0.2) is 0 Å². The maximum atomic E-state index is 12.6. The minimum atomic E-state index is -4.57. The Balaban J connectivity index is 1.62. The number of anilines is 6. The van der Waals surface area contributed by atoms with Gasteiger partial charge in [0.1, 0.15) is 4.90 Å². The van der Waals surface area contributed by atoms with E-state index in [1.165, 1.54) is 6.07 Å². The molecule has 0 saturated carbocycles. The standard InChI is InChI=1S/C39H44N4O6S2/c1-22-21-23(2)37(24(3)35(22)40)42(7)30-17-13-28(14-18-30)34(32-11-9-10-12-33(32)50(44,45)46)29-15-19-31(20-16-29)43(8)38-25(4)36(41)26(5)39(27(38)6)51(47,48)49/h9-21,34H,40-41H2,1-8H3,(H,44,45,46)(H,47,48,49). The van der Waals surface area contributed by atoms with E-state index < -0.39 is 26.2 Å². The van der Waals surface area contributed by atoms with Gasteiger partial charge in [-0.3, -0.25) is 9.11 Å². The van der Waals surface area contributed by atoms with E-state index in [2.05, 4.69) is 11.0 Å². The topological polar surface area (TPSA) is 167 Å². The zero-order valence-corrected chi connectivity index (χ0v) is 31.6. The minimum Gasteiger partial charge on any atom is -0.398 e. The molecule has 0 radical (unpaired) electrons. The van der Waals surface area contributed by atoms with Crippen molar-refractivity contribution < 1.29 is 25.9 Å². The van der Waals surface area contributed by atoms with E-state index in [-0.39, 0.29) is 21.0 Å². The second-order valence-corrected chi connectivity index (χ2v) is 15.8. The molecule has 0 aliphatic rings. The van der Waals surface area contributed by atoms with Crippen molar-refractivity contribution in [3.63, 3.8) is 0 Å². The Bertz CT molecular complexity index is 2380. The van der Waals surface area contributed by atoms with Crippen LogP contribution in [-0.4, -0.2) is 40.0 Å². The van der Waals surface area contributed by atoms with E-state index in [1.807, 2.05) is 76.3 Å². The molecule has 5 aromatic rings. The molecule has 5 aromatic carbocycles. The highest BCUT2D eigenvalue weighted by Gasteiger charge is 2.28. The van der Waals surface area contributed by atoms with Gasteiger partial charge in [-0.1, -0.05) is 48.5 Å². The van der Waals surface area contributed by atoms with Gasteiger partial charge in [0, 0.05) is 48.5 Å². The molecule has 51 heavy (non-hydrogen) atoms. The molecular weight excluding hydrogens is 685 g/mol. The monoisotopic (exact) mass is 728 g/mol. The summed E-state index contributed by atoms with van der Waals surface area (Å²) >= 11 is 0. The highest BCUT2D eigenvalue weighted by atomic mass is 32.2. The van der Waals surface area contributed by atoms with Gasteiger partial charge in [0.2, 0.25) is 0 Å². The van der Waals surface area contributed by atoms with Gasteiger partial charge in [-0.25, -0.2) is 0 Å². The van der Waals surface area contributed by atoms with Crippen molar-refractivity contribution in [1.29, 1.82) is 0 Å². The SMILES string of the molecule is Cc1cc(C)c(N(C)c2ccc(C(c3ccc(N(C)c4c(C)c(N)c(C)c(S(=O)(=O)O)c4C)cc3)c3ccccc3S(=O)(=O)O)cc2)c(C)c1N. The summed E-state index contributed by atoms with van der Waals surface area (Å²) in [4.78, 5) is 3.45. The van der Waals surface area contributed by atoms with Crippen molar-refractivity contribution in [2.45, 2.75) is 57.3 Å². The molecule has 12 heteroatoms. The van der Waals surface area contributed by atoms with Crippen LogP contribution in [0.25, 0.3) is 0 Å². The number of nitrogens with zero attached hydrogens (tertiary/aromatic N) is 2. The minimum absolute atomic E-state index is 0.196. The number of nitrogen functional groups attached to an aromatic ring is 2. The van der Waals surface area contributed by atoms with Crippen molar-refractivity contribution in [1.82, 2.24) is 0 Å². The maximum absolute atomic E-state index is 12.6. The summed E-state index contributed by atoms with van der Waals surface area (Å²) in [7, 11) is -5.37. The largest absolute Gasteiger partial charge is 0.398 e. The fraction of sp³-hybridized carbons (Fsp3) is 0.231. The van der Waals surface area contributed by atoms with Crippen molar-refractivity contribution in [3.8, 4) is 0 Å². The second kappa shape index (κ2) is 13.7. The van der Waals surface area contributed by atoms with Crippen LogP contribution in [0.2, 0.25) is 0 Å². The van der Waals surface area contributed by atoms with Gasteiger partial charge in [-0.2, -0.15) is 16.8 Å². The summed E-state index contributed by atoms with van der Waals surface area (Å²) in [5, 5.41) is 0.